The summed E-state index contributed by atoms with van der Waals surface area (Å²) in [6.07, 6.45) is -9.29. The molecular weight excluding hydrogens is 222 g/mol. The number of aromatic nitrogens is 1. The van der Waals surface area contributed by atoms with E-state index in [0.29, 0.717) is 11.3 Å². The topological polar surface area (TPSA) is 12.9 Å². The molecule has 0 unspecified atom stereocenters. The van der Waals surface area contributed by atoms with Crippen molar-refractivity contribution in [3.63, 3.8) is 0 Å². The van der Waals surface area contributed by atoms with Gasteiger partial charge in [0.25, 0.3) is 0 Å². The smallest absolute Gasteiger partial charge is 0.0940 e. The Morgan fingerprint density at radius 2 is 2.64 bits per heavy atom. The first-order chi connectivity index (χ1) is 9.87. The molecule has 0 radical (unpaired) electrons. The number of hydrogen-bond acceptors (Lipinski definition) is 2. The molecule has 1 heterocycles. The zero-order valence-electron chi connectivity index (χ0n) is 17.2. The Bertz CT molecular complexity index is 585. The normalized spacial score (nSPS) is 32.8. The summed E-state index contributed by atoms with van der Waals surface area (Å²) in [5, 5.41) is -0.659. The molecule has 0 atom stereocenters. The standard InChI is InChI=1S/C8H12BrNS/c1-3-5-7-10-6(4-2)8(9)11-7/h3-5H2,1-2H3/i1D3,2D3,3D2,4D2,5D2. The summed E-state index contributed by atoms with van der Waals surface area (Å²) in [7, 11) is 0. The van der Waals surface area contributed by atoms with Crippen LogP contribution in [-0.4, -0.2) is 4.98 Å². The third-order valence-electron chi connectivity index (χ3n) is 0.874. The van der Waals surface area contributed by atoms with Crippen LogP contribution in [0.15, 0.2) is 3.79 Å². The predicted molar refractivity (Wildman–Crippen MR) is 53.2 cm³/mol. The Morgan fingerprint density at radius 3 is 3.36 bits per heavy atom. The van der Waals surface area contributed by atoms with Crippen molar-refractivity contribution in [2.24, 2.45) is 0 Å². The van der Waals surface area contributed by atoms with Crippen molar-refractivity contribution >= 4 is 27.3 Å². The van der Waals surface area contributed by atoms with Crippen LogP contribution in [0.2, 0.25) is 0 Å². The van der Waals surface area contributed by atoms with Crippen molar-refractivity contribution in [1.29, 1.82) is 0 Å². The summed E-state index contributed by atoms with van der Waals surface area (Å²) in [4.78, 5) is 3.57. The van der Waals surface area contributed by atoms with E-state index in [2.05, 4.69) is 20.9 Å². The lowest BCUT2D eigenvalue weighted by atomic mass is 10.3. The number of nitrogens with zero attached hydrogens (tertiary/aromatic N) is 1. The molecule has 0 aliphatic carbocycles. The van der Waals surface area contributed by atoms with E-state index in [1.165, 1.54) is 0 Å². The van der Waals surface area contributed by atoms with Gasteiger partial charge in [0.2, 0.25) is 0 Å². The molecule has 1 rings (SSSR count). The maximum Gasteiger partial charge on any atom is 0.0940 e. The van der Waals surface area contributed by atoms with Gasteiger partial charge in [0.1, 0.15) is 0 Å². The van der Waals surface area contributed by atoms with Crippen molar-refractivity contribution in [3.05, 3.63) is 14.5 Å². The molecule has 0 bridgehead atoms. The number of thiazole rings is 1. The van der Waals surface area contributed by atoms with Crippen LogP contribution in [0.3, 0.4) is 0 Å². The second-order valence-corrected chi connectivity index (χ2v) is 3.83. The molecular formula is C8H12BrNS. The van der Waals surface area contributed by atoms with E-state index in [4.69, 9.17) is 16.4 Å². The molecule has 1 nitrogen and oxygen atoms in total. The fourth-order valence-corrected chi connectivity index (χ4v) is 1.74. The van der Waals surface area contributed by atoms with E-state index in [0.717, 1.165) is 0 Å². The van der Waals surface area contributed by atoms with Gasteiger partial charge in [-0.15, -0.1) is 11.3 Å². The van der Waals surface area contributed by atoms with Gasteiger partial charge >= 0.3 is 0 Å². The Balaban J connectivity index is 3.47. The minimum absolute atomic E-state index is 0.140. The number of halogens is 1. The summed E-state index contributed by atoms with van der Waals surface area (Å²) in [5.41, 5.74) is -0.622. The van der Waals surface area contributed by atoms with Crippen LogP contribution in [-0.2, 0) is 12.7 Å². The van der Waals surface area contributed by atoms with Crippen LogP contribution < -0.4 is 0 Å². The maximum absolute atomic E-state index is 7.79. The maximum atomic E-state index is 7.79. The first kappa shape index (κ1) is 2.13. The molecule has 1 aromatic rings. The van der Waals surface area contributed by atoms with E-state index in [9.17, 15) is 0 Å². The Labute approximate surface area is 96.8 Å². The van der Waals surface area contributed by atoms with Crippen LogP contribution in [0.25, 0.3) is 0 Å². The molecule has 11 heavy (non-hydrogen) atoms. The molecule has 0 N–H and O–H groups in total. The van der Waals surface area contributed by atoms with Gasteiger partial charge in [-0.25, -0.2) is 4.98 Å². The highest BCUT2D eigenvalue weighted by Gasteiger charge is 2.05. The van der Waals surface area contributed by atoms with Crippen LogP contribution in [0.5, 0.6) is 0 Å². The van der Waals surface area contributed by atoms with E-state index in [-0.39, 0.29) is 3.79 Å². The summed E-state index contributed by atoms with van der Waals surface area (Å²) in [6, 6.07) is 0. The largest absolute Gasteiger partial charge is 0.245 e. The zero-order valence-corrected chi connectivity index (χ0v) is 7.64. The minimum atomic E-state index is -3.30. The van der Waals surface area contributed by atoms with Crippen molar-refractivity contribution < 1.29 is 16.4 Å². The molecule has 0 fully saturated rings. The van der Waals surface area contributed by atoms with E-state index in [1.54, 1.807) is 0 Å². The highest BCUT2D eigenvalue weighted by molar-refractivity contribution is 9.11. The van der Waals surface area contributed by atoms with Gasteiger partial charge in [0, 0.05) is 16.4 Å². The molecule has 0 aliphatic rings. The SMILES string of the molecule is [2H]C([2H])([2H])C([2H])([2H])c1nc(C([2H])([2H])C([2H])([2H])C([2H])([2H])[2H])sc1Br. The van der Waals surface area contributed by atoms with Crippen LogP contribution in [0, 0.1) is 0 Å². The average molecular weight is 246 g/mol. The van der Waals surface area contributed by atoms with Crippen molar-refractivity contribution in [2.75, 3.05) is 0 Å². The zero-order chi connectivity index (χ0) is 18.6. The monoisotopic (exact) mass is 245 g/mol. The number of aryl methyl sites for hydroxylation is 2. The van der Waals surface area contributed by atoms with Gasteiger partial charge in [-0.2, -0.15) is 0 Å². The van der Waals surface area contributed by atoms with E-state index < -0.39 is 43.5 Å². The first-order valence-electron chi connectivity index (χ1n) is 8.54. The van der Waals surface area contributed by atoms with Gasteiger partial charge in [-0.3, -0.25) is 0 Å². The van der Waals surface area contributed by atoms with Crippen LogP contribution in [0.4, 0.5) is 0 Å². The van der Waals surface area contributed by atoms with Gasteiger partial charge in [0.15, 0.2) is 0 Å². The van der Waals surface area contributed by atoms with Gasteiger partial charge in [0.05, 0.1) is 14.5 Å². The van der Waals surface area contributed by atoms with Crippen LogP contribution >= 0.6 is 27.3 Å². The lowest BCUT2D eigenvalue weighted by Gasteiger charge is -1.87. The molecule has 0 saturated heterocycles. The molecule has 62 valence electrons. The van der Waals surface area contributed by atoms with Crippen molar-refractivity contribution in [2.45, 2.75) is 32.8 Å². The Kier molecular flexibility index (Phi) is 0.815. The lowest BCUT2D eigenvalue weighted by Crippen LogP contribution is -1.83. The predicted octanol–water partition coefficient (Wildman–Crippen LogP) is 3.42. The van der Waals surface area contributed by atoms with Crippen molar-refractivity contribution in [1.82, 2.24) is 4.98 Å². The summed E-state index contributed by atoms with van der Waals surface area (Å²) in [6.45, 7) is -6.38. The number of rotatable bonds is 3. The molecule has 1 aromatic heterocycles. The van der Waals surface area contributed by atoms with Gasteiger partial charge in [-0.05, 0) is 35.0 Å². The Morgan fingerprint density at radius 1 is 1.73 bits per heavy atom. The third-order valence-corrected chi connectivity index (χ3v) is 2.49. The fraction of sp³-hybridized carbons (Fsp3) is 0.625. The Hall–Kier alpha value is 0.110. The van der Waals surface area contributed by atoms with Crippen LogP contribution in [0.1, 0.15) is 47.2 Å². The average Bonchev–Trinajstić information content (AvgIpc) is 2.69. The summed E-state index contributed by atoms with van der Waals surface area (Å²) < 4.78 is 88.9. The molecule has 0 saturated carbocycles. The lowest BCUT2D eigenvalue weighted by molar-refractivity contribution is 0.893. The number of hydrogen-bond donors (Lipinski definition) is 0. The minimum Gasteiger partial charge on any atom is -0.245 e. The molecule has 0 amide bonds. The second-order valence-electron chi connectivity index (χ2n) is 1.52. The van der Waals surface area contributed by atoms with Crippen molar-refractivity contribution in [3.8, 4) is 0 Å². The third kappa shape index (κ3) is 2.27. The molecule has 0 aromatic carbocycles. The fourth-order valence-electron chi connectivity index (χ4n) is 0.486. The van der Waals surface area contributed by atoms with E-state index >= 15 is 0 Å². The van der Waals surface area contributed by atoms with Gasteiger partial charge < -0.3 is 0 Å². The molecule has 0 spiro atoms. The summed E-state index contributed by atoms with van der Waals surface area (Å²) in [5.74, 6) is 0. The molecule has 3 heteroatoms. The quantitative estimate of drug-likeness (QED) is 0.796. The molecule has 0 aliphatic heterocycles. The summed E-state index contributed by atoms with van der Waals surface area (Å²) >= 11 is 3.35. The highest BCUT2D eigenvalue weighted by Crippen LogP contribution is 2.25. The first-order valence-corrected chi connectivity index (χ1v) is 4.15. The highest BCUT2D eigenvalue weighted by atomic mass is 79.9. The van der Waals surface area contributed by atoms with Gasteiger partial charge in [-0.1, -0.05) is 13.7 Å². The van der Waals surface area contributed by atoms with E-state index in [1.807, 2.05) is 0 Å². The second kappa shape index (κ2) is 4.21.